The van der Waals surface area contributed by atoms with E-state index in [0.29, 0.717) is 22.1 Å². The van der Waals surface area contributed by atoms with E-state index in [1.54, 1.807) is 6.07 Å². The Hall–Kier alpha value is -3.48. The molecule has 7 heteroatoms. The number of ether oxygens (including phenoxy) is 2. The van der Waals surface area contributed by atoms with Gasteiger partial charge in [0, 0.05) is 23.1 Å². The van der Waals surface area contributed by atoms with E-state index in [1.165, 1.54) is 42.5 Å². The minimum absolute atomic E-state index is 0.0285. The van der Waals surface area contributed by atoms with Crippen molar-refractivity contribution in [2.75, 3.05) is 0 Å². The molecular formula is C22H18F2O5. The molecule has 0 spiro atoms. The number of carbonyl (C=O) groups is 1. The zero-order valence-electron chi connectivity index (χ0n) is 15.6. The van der Waals surface area contributed by atoms with Crippen LogP contribution in [-0.2, 0) is 22.6 Å². The molecule has 0 unspecified atom stereocenters. The van der Waals surface area contributed by atoms with Gasteiger partial charge in [-0.05, 0) is 41.8 Å². The molecule has 0 N–H and O–H groups in total. The fourth-order valence-corrected chi connectivity index (χ4v) is 2.74. The first-order valence-electron chi connectivity index (χ1n) is 8.90. The highest BCUT2D eigenvalue weighted by atomic mass is 19.3. The Bertz CT molecular complexity index is 1080. The predicted molar refractivity (Wildman–Crippen MR) is 104 cm³/mol. The molecule has 150 valence electrons. The van der Waals surface area contributed by atoms with Crippen LogP contribution >= 0.6 is 0 Å². The summed E-state index contributed by atoms with van der Waals surface area (Å²) in [4.78, 5) is 23.8. The molecule has 0 aliphatic rings. The van der Waals surface area contributed by atoms with Gasteiger partial charge in [-0.2, -0.15) is 8.78 Å². The Morgan fingerprint density at radius 2 is 1.90 bits per heavy atom. The summed E-state index contributed by atoms with van der Waals surface area (Å²) in [7, 11) is 0. The van der Waals surface area contributed by atoms with Crippen LogP contribution in [0.2, 0.25) is 0 Å². The average molecular weight is 400 g/mol. The molecule has 0 fully saturated rings. The summed E-state index contributed by atoms with van der Waals surface area (Å²) in [6, 6.07) is 12.7. The summed E-state index contributed by atoms with van der Waals surface area (Å²) in [5.74, 6) is -0.578. The molecule has 3 rings (SSSR count). The van der Waals surface area contributed by atoms with E-state index in [1.807, 2.05) is 19.1 Å². The van der Waals surface area contributed by atoms with Crippen LogP contribution in [0.4, 0.5) is 8.78 Å². The highest BCUT2D eigenvalue weighted by Gasteiger charge is 2.08. The quantitative estimate of drug-likeness (QED) is 0.326. The third-order valence-corrected chi connectivity index (χ3v) is 4.19. The molecule has 0 aliphatic carbocycles. The van der Waals surface area contributed by atoms with Crippen LogP contribution < -0.4 is 10.4 Å². The van der Waals surface area contributed by atoms with Gasteiger partial charge in [0.05, 0.1) is 0 Å². The normalized spacial score (nSPS) is 11.3. The number of halogens is 2. The van der Waals surface area contributed by atoms with Crippen LogP contribution in [0.3, 0.4) is 0 Å². The van der Waals surface area contributed by atoms with Gasteiger partial charge in [0.1, 0.15) is 17.9 Å². The van der Waals surface area contributed by atoms with Crippen LogP contribution in [0.5, 0.6) is 5.75 Å². The van der Waals surface area contributed by atoms with Gasteiger partial charge in [-0.3, -0.25) is 0 Å². The van der Waals surface area contributed by atoms with Crippen molar-refractivity contribution >= 4 is 23.0 Å². The van der Waals surface area contributed by atoms with Crippen molar-refractivity contribution in [2.45, 2.75) is 26.6 Å². The highest BCUT2D eigenvalue weighted by molar-refractivity contribution is 5.87. The molecule has 0 saturated carbocycles. The van der Waals surface area contributed by atoms with Gasteiger partial charge in [0.15, 0.2) is 0 Å². The van der Waals surface area contributed by atoms with Gasteiger partial charge < -0.3 is 13.9 Å². The Morgan fingerprint density at radius 1 is 1.14 bits per heavy atom. The summed E-state index contributed by atoms with van der Waals surface area (Å²) >= 11 is 0. The lowest BCUT2D eigenvalue weighted by Gasteiger charge is -2.07. The fraction of sp³-hybridized carbons (Fsp3) is 0.182. The number of aryl methyl sites for hydroxylation is 1. The second-order valence-corrected chi connectivity index (χ2v) is 6.16. The monoisotopic (exact) mass is 400 g/mol. The zero-order valence-corrected chi connectivity index (χ0v) is 15.6. The lowest BCUT2D eigenvalue weighted by Crippen LogP contribution is -2.05. The molecule has 3 aromatic rings. The Balaban J connectivity index is 1.66. The summed E-state index contributed by atoms with van der Waals surface area (Å²) in [6.07, 6.45) is 3.50. The molecule has 1 aromatic heterocycles. The van der Waals surface area contributed by atoms with Crippen molar-refractivity contribution < 1.29 is 27.5 Å². The topological polar surface area (TPSA) is 65.7 Å². The maximum Gasteiger partial charge on any atom is 0.387 e. The lowest BCUT2D eigenvalue weighted by atomic mass is 10.1. The largest absolute Gasteiger partial charge is 0.458 e. The Morgan fingerprint density at radius 3 is 2.59 bits per heavy atom. The zero-order chi connectivity index (χ0) is 20.8. The molecule has 5 nitrogen and oxygen atoms in total. The number of rotatable bonds is 7. The smallest absolute Gasteiger partial charge is 0.387 e. The number of carbonyl (C=O) groups excluding carboxylic acids is 1. The Labute approximate surface area is 165 Å². The second-order valence-electron chi connectivity index (χ2n) is 6.16. The number of alkyl halides is 2. The molecule has 0 amide bonds. The first-order chi connectivity index (χ1) is 13.9. The first-order valence-corrected chi connectivity index (χ1v) is 8.90. The van der Waals surface area contributed by atoms with Crippen molar-refractivity contribution in [3.8, 4) is 5.75 Å². The summed E-state index contributed by atoms with van der Waals surface area (Å²) in [5, 5.41) is 0.702. The van der Waals surface area contributed by atoms with Crippen LogP contribution in [0.25, 0.3) is 17.0 Å². The summed E-state index contributed by atoms with van der Waals surface area (Å²) in [5.41, 5.74) is 2.13. The molecule has 29 heavy (non-hydrogen) atoms. The van der Waals surface area contributed by atoms with E-state index >= 15 is 0 Å². The lowest BCUT2D eigenvalue weighted by molar-refractivity contribution is -0.138. The molecule has 0 atom stereocenters. The van der Waals surface area contributed by atoms with Crippen molar-refractivity contribution in [3.05, 3.63) is 81.7 Å². The molecule has 0 bridgehead atoms. The number of hydrogen-bond acceptors (Lipinski definition) is 5. The number of esters is 1. The van der Waals surface area contributed by atoms with E-state index in [9.17, 15) is 18.4 Å². The van der Waals surface area contributed by atoms with Crippen molar-refractivity contribution in [2.24, 2.45) is 0 Å². The van der Waals surface area contributed by atoms with Gasteiger partial charge in [0.25, 0.3) is 0 Å². The molecule has 0 radical (unpaired) electrons. The van der Waals surface area contributed by atoms with E-state index in [2.05, 4.69) is 4.74 Å². The number of hydrogen-bond donors (Lipinski definition) is 0. The average Bonchev–Trinajstić information content (AvgIpc) is 2.70. The maximum atomic E-state index is 12.1. The first kappa shape index (κ1) is 20.3. The van der Waals surface area contributed by atoms with Crippen LogP contribution in [0.15, 0.2) is 63.8 Å². The van der Waals surface area contributed by atoms with Gasteiger partial charge in [-0.1, -0.05) is 31.2 Å². The van der Waals surface area contributed by atoms with Crippen LogP contribution in [-0.4, -0.2) is 12.6 Å². The van der Waals surface area contributed by atoms with Gasteiger partial charge in [-0.15, -0.1) is 0 Å². The van der Waals surface area contributed by atoms with Gasteiger partial charge in [0.2, 0.25) is 0 Å². The maximum absolute atomic E-state index is 12.1. The van der Waals surface area contributed by atoms with Crippen LogP contribution in [0.1, 0.15) is 23.6 Å². The number of benzene rings is 2. The van der Waals surface area contributed by atoms with E-state index in [-0.39, 0.29) is 12.4 Å². The van der Waals surface area contributed by atoms with E-state index in [4.69, 9.17) is 9.15 Å². The number of fused-ring (bicyclic) bond motifs is 1. The minimum atomic E-state index is -2.89. The van der Waals surface area contributed by atoms with Gasteiger partial charge in [-0.25, -0.2) is 9.59 Å². The molecule has 0 aliphatic heterocycles. The SMILES string of the molecule is CCc1ccc2c(COC(=O)/C=C/c3ccc(OC(F)F)cc3)cc(=O)oc2c1. The van der Waals surface area contributed by atoms with Crippen molar-refractivity contribution in [3.63, 3.8) is 0 Å². The third-order valence-electron chi connectivity index (χ3n) is 4.19. The predicted octanol–water partition coefficient (Wildman–Crippen LogP) is 4.71. The fourth-order valence-electron chi connectivity index (χ4n) is 2.74. The van der Waals surface area contributed by atoms with E-state index in [0.717, 1.165) is 12.0 Å². The minimum Gasteiger partial charge on any atom is -0.458 e. The van der Waals surface area contributed by atoms with Crippen LogP contribution in [0, 0.1) is 0 Å². The standard InChI is InChI=1S/C22H18F2O5/c1-2-14-5-9-18-16(12-21(26)29-19(18)11-14)13-27-20(25)10-6-15-3-7-17(8-4-15)28-22(23)24/h3-12,22H,2,13H2,1H3/b10-6+. The van der Waals surface area contributed by atoms with Crippen molar-refractivity contribution in [1.82, 2.24) is 0 Å². The van der Waals surface area contributed by atoms with E-state index < -0.39 is 18.2 Å². The molecule has 1 heterocycles. The molecule has 2 aromatic carbocycles. The summed E-state index contributed by atoms with van der Waals surface area (Å²) in [6.45, 7) is -0.981. The molecule has 0 saturated heterocycles. The van der Waals surface area contributed by atoms with Gasteiger partial charge >= 0.3 is 18.2 Å². The molecular weight excluding hydrogens is 382 g/mol. The highest BCUT2D eigenvalue weighted by Crippen LogP contribution is 2.20. The second kappa shape index (κ2) is 9.14. The third kappa shape index (κ3) is 5.51. The van der Waals surface area contributed by atoms with Crippen molar-refractivity contribution in [1.29, 1.82) is 0 Å². The Kier molecular flexibility index (Phi) is 6.39. The summed E-state index contributed by atoms with van der Waals surface area (Å²) < 4.78 is 39.0.